The zero-order valence-electron chi connectivity index (χ0n) is 19.2. The van der Waals surface area contributed by atoms with Gasteiger partial charge in [0.05, 0.1) is 22.4 Å². The van der Waals surface area contributed by atoms with Crippen molar-refractivity contribution in [3.63, 3.8) is 0 Å². The molecule has 1 heterocycles. The van der Waals surface area contributed by atoms with Crippen molar-refractivity contribution in [3.05, 3.63) is 90.3 Å². The predicted molar refractivity (Wildman–Crippen MR) is 133 cm³/mol. The van der Waals surface area contributed by atoms with Crippen molar-refractivity contribution in [2.24, 2.45) is 0 Å². The Morgan fingerprint density at radius 2 is 1.71 bits per heavy atom. The van der Waals surface area contributed by atoms with Crippen LogP contribution < -0.4 is 14.9 Å². The topological polar surface area (TPSA) is 124 Å². The molecule has 180 valence electrons. The Bertz CT molecular complexity index is 1470. The molecule has 4 aromatic rings. The third-order valence-electron chi connectivity index (χ3n) is 5.62. The lowest BCUT2D eigenvalue weighted by Crippen LogP contribution is -2.52. The maximum atomic E-state index is 13.5. The van der Waals surface area contributed by atoms with Gasteiger partial charge in [-0.3, -0.25) is 4.79 Å². The number of imidazole rings is 1. The summed E-state index contributed by atoms with van der Waals surface area (Å²) in [4.78, 5) is 35.0. The molecule has 1 atom stereocenters. The second-order valence-corrected chi connectivity index (χ2v) is 9.71. The molecule has 0 fully saturated rings. The van der Waals surface area contributed by atoms with Crippen molar-refractivity contribution in [1.82, 2.24) is 20.0 Å². The summed E-state index contributed by atoms with van der Waals surface area (Å²) in [5.74, 6) is -0.423. The number of para-hydroxylation sites is 1. The number of carbonyl (C=O) groups excluding carboxylic acids is 2. The van der Waals surface area contributed by atoms with Gasteiger partial charge in [-0.2, -0.15) is 0 Å². The fourth-order valence-corrected chi connectivity index (χ4v) is 5.01. The van der Waals surface area contributed by atoms with Gasteiger partial charge in [0.1, 0.15) is 11.6 Å². The fourth-order valence-electron chi connectivity index (χ4n) is 3.85. The van der Waals surface area contributed by atoms with Gasteiger partial charge in [-0.1, -0.05) is 54.6 Å². The van der Waals surface area contributed by atoms with E-state index in [0.717, 1.165) is 11.1 Å². The first-order valence-electron chi connectivity index (χ1n) is 10.9. The van der Waals surface area contributed by atoms with Crippen LogP contribution >= 0.6 is 0 Å². The average Bonchev–Trinajstić information content (AvgIpc) is 3.32. The van der Waals surface area contributed by atoms with Crippen LogP contribution in [0.4, 0.5) is 10.5 Å². The number of hydrogen-bond donors (Lipinski definition) is 3. The third kappa shape index (κ3) is 5.33. The second-order valence-electron chi connectivity index (χ2n) is 8.06. The summed E-state index contributed by atoms with van der Waals surface area (Å²) in [5, 5.41) is 2.55. The Kier molecular flexibility index (Phi) is 6.83. The Labute approximate surface area is 203 Å². The van der Waals surface area contributed by atoms with Crippen molar-refractivity contribution >= 4 is 38.7 Å². The number of hydrogen-bond acceptors (Lipinski definition) is 5. The average molecular weight is 492 g/mol. The number of nitrogens with one attached hydrogen (secondary N) is 3. The van der Waals surface area contributed by atoms with Gasteiger partial charge in [-0.15, -0.1) is 0 Å². The fraction of sp³-hybridized carbons (Fsp3) is 0.160. The Morgan fingerprint density at radius 3 is 2.46 bits per heavy atom. The number of fused-ring (bicyclic) bond motifs is 1. The zero-order chi connectivity index (χ0) is 25.0. The van der Waals surface area contributed by atoms with Gasteiger partial charge in [-0.25, -0.2) is 22.9 Å². The lowest BCUT2D eigenvalue weighted by Gasteiger charge is -2.25. The van der Waals surface area contributed by atoms with Crippen LogP contribution in [0.15, 0.2) is 84.0 Å². The molecule has 0 saturated carbocycles. The Balaban J connectivity index is 1.59. The molecule has 9 nitrogen and oxygen atoms in total. The van der Waals surface area contributed by atoms with Crippen LogP contribution in [0.2, 0.25) is 0 Å². The van der Waals surface area contributed by atoms with Crippen molar-refractivity contribution in [1.29, 1.82) is 0 Å². The van der Waals surface area contributed by atoms with Gasteiger partial charge >= 0.3 is 6.03 Å². The number of H-pyrrole nitrogens is 1. The summed E-state index contributed by atoms with van der Waals surface area (Å²) >= 11 is 0. The normalized spacial score (nSPS) is 12.2. The molecule has 0 spiro atoms. The monoisotopic (exact) mass is 491 g/mol. The number of aromatic nitrogens is 2. The number of anilines is 1. The highest BCUT2D eigenvalue weighted by molar-refractivity contribution is 7.90. The van der Waals surface area contributed by atoms with Crippen molar-refractivity contribution in [2.45, 2.75) is 24.3 Å². The first-order chi connectivity index (χ1) is 16.8. The van der Waals surface area contributed by atoms with Gasteiger partial charge in [0.2, 0.25) is 5.91 Å². The summed E-state index contributed by atoms with van der Waals surface area (Å²) in [6.45, 7) is 1.64. The van der Waals surface area contributed by atoms with E-state index in [0.29, 0.717) is 16.8 Å². The van der Waals surface area contributed by atoms with Crippen LogP contribution in [0.3, 0.4) is 0 Å². The second kappa shape index (κ2) is 9.98. The van der Waals surface area contributed by atoms with Gasteiger partial charge in [-0.05, 0) is 36.2 Å². The number of likely N-dealkylation sites (N-methyl/N-ethyl adjacent to an activating group) is 1. The minimum absolute atomic E-state index is 0.0107. The van der Waals surface area contributed by atoms with E-state index in [9.17, 15) is 18.0 Å². The molecule has 0 aliphatic rings. The molecule has 3 aromatic carbocycles. The highest BCUT2D eigenvalue weighted by Crippen LogP contribution is 2.24. The molecular formula is C25H25N5O4S. The van der Waals surface area contributed by atoms with Crippen LogP contribution in [0.1, 0.15) is 11.1 Å². The van der Waals surface area contributed by atoms with E-state index >= 15 is 0 Å². The standard InChI is InChI=1S/C25H25N5O4S/c1-17-9-6-7-14-22(17)35(33,34)29-25(32)28-20(15-18-10-4-3-5-11-18)24(31)30(2)21-13-8-12-19-23(21)27-16-26-19/h3-14,16,20H,15H2,1-2H3,(H,26,27)(H2,28,29,32)/t20-/m0/s1. The van der Waals surface area contributed by atoms with Gasteiger partial charge in [0.25, 0.3) is 10.0 Å². The SMILES string of the molecule is Cc1ccccc1S(=O)(=O)NC(=O)N[C@@H](Cc1ccccc1)C(=O)N(C)c1cccc2[nH]cnc12. The molecule has 10 heteroatoms. The van der Waals surface area contributed by atoms with E-state index in [2.05, 4.69) is 15.3 Å². The highest BCUT2D eigenvalue weighted by atomic mass is 32.2. The van der Waals surface area contributed by atoms with E-state index < -0.39 is 28.0 Å². The molecule has 4 rings (SSSR count). The summed E-state index contributed by atoms with van der Waals surface area (Å²) in [6, 6.07) is 18.9. The van der Waals surface area contributed by atoms with Gasteiger partial charge in [0, 0.05) is 13.5 Å². The number of sulfonamides is 1. The lowest BCUT2D eigenvalue weighted by atomic mass is 10.0. The molecule has 0 aliphatic carbocycles. The lowest BCUT2D eigenvalue weighted by molar-refractivity contribution is -0.120. The quantitative estimate of drug-likeness (QED) is 0.366. The largest absolute Gasteiger partial charge is 0.345 e. The van der Waals surface area contributed by atoms with E-state index in [1.54, 1.807) is 44.3 Å². The molecule has 0 saturated heterocycles. The zero-order valence-corrected chi connectivity index (χ0v) is 20.0. The third-order valence-corrected chi connectivity index (χ3v) is 7.11. The highest BCUT2D eigenvalue weighted by Gasteiger charge is 2.28. The molecule has 0 unspecified atom stereocenters. The molecule has 3 amide bonds. The van der Waals surface area contributed by atoms with Gasteiger partial charge in [0.15, 0.2) is 0 Å². The van der Waals surface area contributed by atoms with Crippen molar-refractivity contribution in [2.75, 3.05) is 11.9 Å². The summed E-state index contributed by atoms with van der Waals surface area (Å²) < 4.78 is 27.6. The van der Waals surface area contributed by atoms with Crippen LogP contribution in [-0.4, -0.2) is 43.4 Å². The smallest absolute Gasteiger partial charge is 0.329 e. The minimum atomic E-state index is -4.13. The summed E-state index contributed by atoms with van der Waals surface area (Å²) in [5.41, 5.74) is 3.22. The number of benzene rings is 3. The molecule has 1 aromatic heterocycles. The Hall–Kier alpha value is -4.18. The molecule has 35 heavy (non-hydrogen) atoms. The molecule has 0 aliphatic heterocycles. The number of rotatable bonds is 7. The van der Waals surface area contributed by atoms with Crippen LogP contribution in [0, 0.1) is 6.92 Å². The maximum Gasteiger partial charge on any atom is 0.329 e. The van der Waals surface area contributed by atoms with Crippen molar-refractivity contribution < 1.29 is 18.0 Å². The van der Waals surface area contributed by atoms with Crippen LogP contribution in [0.5, 0.6) is 0 Å². The number of nitrogens with zero attached hydrogens (tertiary/aromatic N) is 2. The number of carbonyl (C=O) groups is 2. The summed E-state index contributed by atoms with van der Waals surface area (Å²) in [7, 11) is -2.54. The van der Waals surface area contributed by atoms with E-state index in [1.165, 1.54) is 17.3 Å². The predicted octanol–water partition coefficient (Wildman–Crippen LogP) is 3.13. The number of aryl methyl sites for hydroxylation is 1. The van der Waals surface area contributed by atoms with E-state index in [1.807, 2.05) is 41.1 Å². The first kappa shape index (κ1) is 24.0. The van der Waals surface area contributed by atoms with Crippen LogP contribution in [-0.2, 0) is 21.2 Å². The molecule has 0 bridgehead atoms. The Morgan fingerprint density at radius 1 is 1.00 bits per heavy atom. The van der Waals surface area contributed by atoms with Gasteiger partial charge < -0.3 is 15.2 Å². The first-order valence-corrected chi connectivity index (χ1v) is 12.4. The molecule has 0 radical (unpaired) electrons. The van der Waals surface area contributed by atoms with Crippen molar-refractivity contribution in [3.8, 4) is 0 Å². The number of amides is 3. The number of urea groups is 1. The van der Waals surface area contributed by atoms with E-state index in [-0.39, 0.29) is 11.3 Å². The summed E-state index contributed by atoms with van der Waals surface area (Å²) in [6.07, 6.45) is 1.70. The number of aromatic amines is 1. The van der Waals surface area contributed by atoms with E-state index in [4.69, 9.17) is 0 Å². The minimum Gasteiger partial charge on any atom is -0.345 e. The molecule has 3 N–H and O–H groups in total. The van der Waals surface area contributed by atoms with Crippen LogP contribution in [0.25, 0.3) is 11.0 Å². The molecular weight excluding hydrogens is 466 g/mol. The maximum absolute atomic E-state index is 13.5.